The number of amides is 1. The molecular weight excluding hydrogens is 693 g/mol. The number of carbonyl (C=O) groups excluding carboxylic acids is 3. The Bertz CT molecular complexity index is 829. The van der Waals surface area contributed by atoms with Gasteiger partial charge < -0.3 is 19.3 Å². The van der Waals surface area contributed by atoms with Crippen LogP contribution in [-0.4, -0.2) is 78.7 Å². The summed E-state index contributed by atoms with van der Waals surface area (Å²) in [5.74, 6) is 0.606. The van der Waals surface area contributed by atoms with Crippen LogP contribution < -0.4 is 0 Å². The van der Waals surface area contributed by atoms with Gasteiger partial charge in [0, 0.05) is 31.7 Å². The van der Waals surface area contributed by atoms with Gasteiger partial charge in [0.15, 0.2) is 0 Å². The SMILES string of the molecule is CCCCCCCC(CCCCCCC)OC(=O)CCCCCN(CCCC(=O)OC(CCCCCCC)CCCCCCC)C(=O)SCCCN(C)C. The Kier molecular flexibility index (Phi) is 39.0. The highest BCUT2D eigenvalue weighted by Crippen LogP contribution is 2.20. The lowest BCUT2D eigenvalue weighted by molar-refractivity contribution is -0.151. The maximum atomic E-state index is 13.3. The molecule has 0 bridgehead atoms. The van der Waals surface area contributed by atoms with Crippen molar-refractivity contribution in [3.63, 3.8) is 0 Å². The molecule has 0 rings (SSSR count). The third kappa shape index (κ3) is 35.2. The molecule has 0 radical (unpaired) electrons. The minimum absolute atomic E-state index is 0.0179. The van der Waals surface area contributed by atoms with Crippen molar-refractivity contribution in [3.8, 4) is 0 Å². The van der Waals surface area contributed by atoms with Gasteiger partial charge in [0.2, 0.25) is 0 Å². The third-order valence-corrected chi connectivity index (χ3v) is 11.5. The number of nitrogens with zero attached hydrogens (tertiary/aromatic N) is 2. The van der Waals surface area contributed by atoms with Crippen LogP contribution in [-0.2, 0) is 19.1 Å². The zero-order valence-electron chi connectivity index (χ0n) is 36.7. The molecule has 54 heavy (non-hydrogen) atoms. The Labute approximate surface area is 340 Å². The van der Waals surface area contributed by atoms with Crippen LogP contribution in [0.4, 0.5) is 4.79 Å². The van der Waals surface area contributed by atoms with Crippen LogP contribution in [0.15, 0.2) is 0 Å². The molecule has 0 saturated heterocycles. The van der Waals surface area contributed by atoms with E-state index in [1.165, 1.54) is 114 Å². The van der Waals surface area contributed by atoms with Crippen molar-refractivity contribution in [1.29, 1.82) is 0 Å². The second kappa shape index (κ2) is 39.9. The number of hydrogen-bond acceptors (Lipinski definition) is 7. The summed E-state index contributed by atoms with van der Waals surface area (Å²) in [5, 5.41) is 0.0966. The molecular formula is C46H90N2O5S. The second-order valence-electron chi connectivity index (χ2n) is 16.2. The fourth-order valence-corrected chi connectivity index (χ4v) is 7.82. The Hall–Kier alpha value is -1.28. The molecule has 0 fully saturated rings. The average Bonchev–Trinajstić information content (AvgIpc) is 3.14. The molecule has 0 aromatic carbocycles. The van der Waals surface area contributed by atoms with E-state index in [-0.39, 0.29) is 29.4 Å². The maximum Gasteiger partial charge on any atom is 0.306 e. The zero-order valence-corrected chi connectivity index (χ0v) is 37.6. The first kappa shape index (κ1) is 52.7. The van der Waals surface area contributed by atoms with Crippen LogP contribution in [0.2, 0.25) is 0 Å². The summed E-state index contributed by atoms with van der Waals surface area (Å²) in [7, 11) is 4.11. The van der Waals surface area contributed by atoms with Gasteiger partial charge >= 0.3 is 11.9 Å². The van der Waals surface area contributed by atoms with Crippen molar-refractivity contribution in [1.82, 2.24) is 9.80 Å². The van der Waals surface area contributed by atoms with E-state index in [9.17, 15) is 14.4 Å². The molecule has 8 heteroatoms. The number of carbonyl (C=O) groups is 3. The summed E-state index contributed by atoms with van der Waals surface area (Å²) in [5.41, 5.74) is 0. The summed E-state index contributed by atoms with van der Waals surface area (Å²) >= 11 is 1.39. The largest absolute Gasteiger partial charge is 0.462 e. The molecule has 0 aliphatic carbocycles. The monoisotopic (exact) mass is 783 g/mol. The summed E-state index contributed by atoms with van der Waals surface area (Å²) < 4.78 is 12.1. The van der Waals surface area contributed by atoms with Crippen molar-refractivity contribution >= 4 is 28.9 Å². The fourth-order valence-electron chi connectivity index (χ4n) is 7.01. The van der Waals surface area contributed by atoms with E-state index in [1.807, 2.05) is 4.90 Å². The first-order chi connectivity index (χ1) is 26.3. The van der Waals surface area contributed by atoms with Crippen LogP contribution in [0.1, 0.15) is 227 Å². The van der Waals surface area contributed by atoms with E-state index in [0.717, 1.165) is 89.3 Å². The molecule has 0 atom stereocenters. The molecule has 0 spiro atoms. The van der Waals surface area contributed by atoms with Crippen molar-refractivity contribution in [2.24, 2.45) is 0 Å². The molecule has 320 valence electrons. The molecule has 7 nitrogen and oxygen atoms in total. The van der Waals surface area contributed by atoms with Gasteiger partial charge in [-0.2, -0.15) is 0 Å². The summed E-state index contributed by atoms with van der Waals surface area (Å²) in [6.07, 6.45) is 33.3. The standard InChI is InChI=1S/C46H90N2O5S/c1-7-11-15-19-24-32-42(33-25-20-16-12-8-2)52-44(49)36-28-23-29-39-48(46(51)54-41-31-38-47(5)6)40-30-37-45(50)53-43(34-26-21-17-13-9-3)35-27-22-18-14-10-4/h42-43H,7-41H2,1-6H3. The number of thioether (sulfide) groups is 1. The predicted molar refractivity (Wildman–Crippen MR) is 234 cm³/mol. The second-order valence-corrected chi connectivity index (χ2v) is 17.3. The molecule has 0 aromatic rings. The van der Waals surface area contributed by atoms with Crippen LogP contribution in [0.25, 0.3) is 0 Å². The Balaban J connectivity index is 4.93. The topological polar surface area (TPSA) is 76.1 Å². The van der Waals surface area contributed by atoms with Crippen molar-refractivity contribution in [3.05, 3.63) is 0 Å². The third-order valence-electron chi connectivity index (χ3n) is 10.5. The Morgan fingerprint density at radius 2 is 0.815 bits per heavy atom. The van der Waals surface area contributed by atoms with Gasteiger partial charge in [0.25, 0.3) is 5.24 Å². The fraction of sp³-hybridized carbons (Fsp3) is 0.935. The molecule has 0 aliphatic heterocycles. The molecule has 1 amide bonds. The number of rotatable bonds is 40. The van der Waals surface area contributed by atoms with Crippen molar-refractivity contribution < 1.29 is 23.9 Å². The lowest BCUT2D eigenvalue weighted by Crippen LogP contribution is -2.31. The predicted octanol–water partition coefficient (Wildman–Crippen LogP) is 13.7. The van der Waals surface area contributed by atoms with Crippen LogP contribution in [0.5, 0.6) is 0 Å². The minimum atomic E-state index is -0.119. The van der Waals surface area contributed by atoms with Crippen LogP contribution in [0.3, 0.4) is 0 Å². The van der Waals surface area contributed by atoms with E-state index < -0.39 is 0 Å². The van der Waals surface area contributed by atoms with Gasteiger partial charge in [-0.15, -0.1) is 0 Å². The molecule has 0 aliphatic rings. The normalized spacial score (nSPS) is 11.6. The molecule has 0 saturated carbocycles. The van der Waals surface area contributed by atoms with Gasteiger partial charge in [-0.1, -0.05) is 149 Å². The van der Waals surface area contributed by atoms with Crippen LogP contribution in [0, 0.1) is 0 Å². The highest BCUT2D eigenvalue weighted by molar-refractivity contribution is 8.13. The van der Waals surface area contributed by atoms with Crippen LogP contribution >= 0.6 is 11.8 Å². The zero-order chi connectivity index (χ0) is 39.9. The maximum absolute atomic E-state index is 13.3. The van der Waals surface area contributed by atoms with E-state index >= 15 is 0 Å². The van der Waals surface area contributed by atoms with Crippen molar-refractivity contribution in [2.45, 2.75) is 239 Å². The van der Waals surface area contributed by atoms with E-state index in [4.69, 9.17) is 9.47 Å². The first-order valence-corrected chi connectivity index (χ1v) is 24.2. The number of esters is 2. The molecule has 0 heterocycles. The van der Waals surface area contributed by atoms with Crippen molar-refractivity contribution in [2.75, 3.05) is 39.5 Å². The van der Waals surface area contributed by atoms with E-state index in [1.54, 1.807) is 0 Å². The van der Waals surface area contributed by atoms with Gasteiger partial charge in [-0.25, -0.2) is 0 Å². The molecule has 0 N–H and O–H groups in total. The summed E-state index contributed by atoms with van der Waals surface area (Å²) in [6, 6.07) is 0. The highest BCUT2D eigenvalue weighted by Gasteiger charge is 2.18. The van der Waals surface area contributed by atoms with E-state index in [0.29, 0.717) is 32.4 Å². The van der Waals surface area contributed by atoms with Gasteiger partial charge in [0.05, 0.1) is 0 Å². The highest BCUT2D eigenvalue weighted by atomic mass is 32.2. The quantitative estimate of drug-likeness (QED) is 0.0452. The Morgan fingerprint density at radius 1 is 0.444 bits per heavy atom. The van der Waals surface area contributed by atoms with Gasteiger partial charge in [-0.3, -0.25) is 14.4 Å². The molecule has 0 aromatic heterocycles. The number of unbranched alkanes of at least 4 members (excludes halogenated alkanes) is 18. The summed E-state index contributed by atoms with van der Waals surface area (Å²) in [4.78, 5) is 43.2. The number of hydrogen-bond donors (Lipinski definition) is 0. The summed E-state index contributed by atoms with van der Waals surface area (Å²) in [6.45, 7) is 11.1. The first-order valence-electron chi connectivity index (χ1n) is 23.2. The van der Waals surface area contributed by atoms with Gasteiger partial charge in [0.1, 0.15) is 12.2 Å². The van der Waals surface area contributed by atoms with Gasteiger partial charge in [-0.05, 0) is 97.7 Å². The van der Waals surface area contributed by atoms with E-state index in [2.05, 4.69) is 46.7 Å². The smallest absolute Gasteiger partial charge is 0.306 e. The number of ether oxygens (including phenoxy) is 2. The molecule has 0 unspecified atom stereocenters. The lowest BCUT2D eigenvalue weighted by atomic mass is 10.0. The minimum Gasteiger partial charge on any atom is -0.462 e. The average molecular weight is 783 g/mol. The Morgan fingerprint density at radius 3 is 1.22 bits per heavy atom. The lowest BCUT2D eigenvalue weighted by Gasteiger charge is -2.23.